The van der Waals surface area contributed by atoms with E-state index in [2.05, 4.69) is 0 Å². The average molecular weight is 368 g/mol. The Morgan fingerprint density at radius 2 is 1.92 bits per heavy atom. The number of rotatable bonds is 6. The van der Waals surface area contributed by atoms with Gasteiger partial charge in [0.15, 0.2) is 9.84 Å². The lowest BCUT2D eigenvalue weighted by atomic mass is 9.80. The molecule has 0 unspecified atom stereocenters. The van der Waals surface area contributed by atoms with Crippen LogP contribution in [0.1, 0.15) is 18.4 Å². The van der Waals surface area contributed by atoms with Gasteiger partial charge >= 0.3 is 0 Å². The van der Waals surface area contributed by atoms with Crippen molar-refractivity contribution in [2.75, 3.05) is 46.6 Å². The first-order chi connectivity index (χ1) is 11.6. The van der Waals surface area contributed by atoms with Gasteiger partial charge in [0, 0.05) is 31.3 Å². The summed E-state index contributed by atoms with van der Waals surface area (Å²) in [6, 6.07) is 6.46. The normalized spacial score (nSPS) is 21.6. The molecular formula is C18H28N2O4S. The maximum Gasteiger partial charge on any atom is 0.227 e. The van der Waals surface area contributed by atoms with Crippen molar-refractivity contribution in [1.82, 2.24) is 9.80 Å². The second-order valence-electron chi connectivity index (χ2n) is 7.41. The fourth-order valence-electron chi connectivity index (χ4n) is 3.54. The van der Waals surface area contributed by atoms with Gasteiger partial charge in [-0.15, -0.1) is 0 Å². The van der Waals surface area contributed by atoms with Crippen LogP contribution in [0.3, 0.4) is 0 Å². The third-order valence-corrected chi connectivity index (χ3v) is 5.84. The van der Waals surface area contributed by atoms with Gasteiger partial charge in [0.2, 0.25) is 5.91 Å². The summed E-state index contributed by atoms with van der Waals surface area (Å²) >= 11 is 0. The van der Waals surface area contributed by atoms with Crippen molar-refractivity contribution >= 4 is 15.7 Å². The molecule has 0 bridgehead atoms. The first-order valence-electron chi connectivity index (χ1n) is 8.48. The lowest BCUT2D eigenvalue weighted by Crippen LogP contribution is -2.52. The van der Waals surface area contributed by atoms with Gasteiger partial charge in [0.25, 0.3) is 0 Å². The van der Waals surface area contributed by atoms with Crippen LogP contribution in [0.4, 0.5) is 0 Å². The number of aliphatic hydroxyl groups excluding tert-OH is 1. The fraction of sp³-hybridized carbons (Fsp3) is 0.611. The van der Waals surface area contributed by atoms with Gasteiger partial charge in [0.05, 0.1) is 17.9 Å². The highest BCUT2D eigenvalue weighted by Gasteiger charge is 2.37. The van der Waals surface area contributed by atoms with Crippen molar-refractivity contribution in [1.29, 1.82) is 0 Å². The molecule has 1 aliphatic rings. The van der Waals surface area contributed by atoms with Gasteiger partial charge in [-0.2, -0.15) is 0 Å². The topological polar surface area (TPSA) is 77.9 Å². The summed E-state index contributed by atoms with van der Waals surface area (Å²) in [6.07, 6.45) is 3.20. The number of carbonyl (C=O) groups excluding carboxylic acids is 1. The highest BCUT2D eigenvalue weighted by Crippen LogP contribution is 2.30. The SMILES string of the molecule is CN(C)C[C@@]1(CO)CCCN(C(=O)Cc2ccc(S(C)(=O)=O)cc2)C1. The number of aliphatic hydroxyl groups is 1. The van der Waals surface area contributed by atoms with E-state index in [-0.39, 0.29) is 29.2 Å². The first-order valence-corrected chi connectivity index (χ1v) is 10.4. The van der Waals surface area contributed by atoms with Gasteiger partial charge in [-0.25, -0.2) is 8.42 Å². The number of hydrogen-bond donors (Lipinski definition) is 1. The quantitative estimate of drug-likeness (QED) is 0.803. The molecule has 7 heteroatoms. The Bertz CT molecular complexity index is 700. The van der Waals surface area contributed by atoms with Crippen LogP contribution in [0.5, 0.6) is 0 Å². The molecule has 0 spiro atoms. The number of hydrogen-bond acceptors (Lipinski definition) is 5. The van der Waals surface area contributed by atoms with E-state index < -0.39 is 9.84 Å². The van der Waals surface area contributed by atoms with E-state index in [1.54, 1.807) is 12.1 Å². The predicted octanol–water partition coefficient (Wildman–Crippen LogP) is 0.795. The van der Waals surface area contributed by atoms with Crippen molar-refractivity contribution in [2.24, 2.45) is 5.41 Å². The summed E-state index contributed by atoms with van der Waals surface area (Å²) < 4.78 is 23.0. The van der Waals surface area contributed by atoms with Crippen LogP contribution in [-0.2, 0) is 21.1 Å². The van der Waals surface area contributed by atoms with Crippen LogP contribution in [0, 0.1) is 5.41 Å². The summed E-state index contributed by atoms with van der Waals surface area (Å²) in [6.45, 7) is 2.08. The van der Waals surface area contributed by atoms with Crippen molar-refractivity contribution in [3.63, 3.8) is 0 Å². The molecule has 140 valence electrons. The highest BCUT2D eigenvalue weighted by atomic mass is 32.2. The van der Waals surface area contributed by atoms with Crippen LogP contribution in [0.2, 0.25) is 0 Å². The zero-order valence-corrected chi connectivity index (χ0v) is 16.1. The molecule has 6 nitrogen and oxygen atoms in total. The molecule has 1 fully saturated rings. The van der Waals surface area contributed by atoms with E-state index in [9.17, 15) is 18.3 Å². The molecular weight excluding hydrogens is 340 g/mol. The zero-order chi connectivity index (χ0) is 18.7. The van der Waals surface area contributed by atoms with E-state index in [4.69, 9.17) is 0 Å². The van der Waals surface area contributed by atoms with Gasteiger partial charge in [-0.3, -0.25) is 4.79 Å². The summed E-state index contributed by atoms with van der Waals surface area (Å²) in [4.78, 5) is 16.8. The van der Waals surface area contributed by atoms with Crippen LogP contribution in [-0.4, -0.2) is 75.8 Å². The number of sulfone groups is 1. The van der Waals surface area contributed by atoms with Crippen LogP contribution < -0.4 is 0 Å². The Morgan fingerprint density at radius 3 is 2.44 bits per heavy atom. The minimum absolute atomic E-state index is 0.0170. The third-order valence-electron chi connectivity index (χ3n) is 4.71. The molecule has 1 aliphatic heterocycles. The third kappa shape index (κ3) is 5.26. The Kier molecular flexibility index (Phi) is 6.24. The number of amides is 1. The van der Waals surface area contributed by atoms with Crippen LogP contribution in [0.25, 0.3) is 0 Å². The minimum atomic E-state index is -3.23. The maximum atomic E-state index is 12.7. The molecule has 1 N–H and O–H groups in total. The van der Waals surface area contributed by atoms with Crippen molar-refractivity contribution in [3.05, 3.63) is 29.8 Å². The Labute approximate surface area is 150 Å². The summed E-state index contributed by atoms with van der Waals surface area (Å²) in [5, 5.41) is 9.86. The van der Waals surface area contributed by atoms with Gasteiger partial charge < -0.3 is 14.9 Å². The largest absolute Gasteiger partial charge is 0.396 e. The summed E-state index contributed by atoms with van der Waals surface area (Å²) in [5.41, 5.74) is 0.530. The molecule has 1 amide bonds. The second kappa shape index (κ2) is 7.85. The molecule has 0 saturated carbocycles. The molecule has 0 aromatic heterocycles. The maximum absolute atomic E-state index is 12.7. The standard InChI is InChI=1S/C18H28N2O4S/c1-19(2)12-18(14-21)9-4-10-20(13-18)17(22)11-15-5-7-16(8-6-15)25(3,23)24/h5-8,21H,4,9-14H2,1-3H3/t18-/m0/s1. The molecule has 1 aromatic rings. The number of carbonyl (C=O) groups is 1. The molecule has 1 atom stereocenters. The van der Waals surface area contributed by atoms with Gasteiger partial charge in [0.1, 0.15) is 0 Å². The molecule has 2 rings (SSSR count). The lowest BCUT2D eigenvalue weighted by molar-refractivity contribution is -0.135. The average Bonchev–Trinajstić information content (AvgIpc) is 2.54. The van der Waals surface area contributed by atoms with Gasteiger partial charge in [-0.05, 0) is 44.6 Å². The number of likely N-dealkylation sites (tertiary alicyclic amines) is 1. The van der Waals surface area contributed by atoms with E-state index >= 15 is 0 Å². The second-order valence-corrected chi connectivity index (χ2v) is 9.42. The van der Waals surface area contributed by atoms with E-state index in [0.717, 1.165) is 24.9 Å². The lowest BCUT2D eigenvalue weighted by Gasteiger charge is -2.43. The van der Waals surface area contributed by atoms with Crippen molar-refractivity contribution in [2.45, 2.75) is 24.2 Å². The fourth-order valence-corrected chi connectivity index (χ4v) is 4.17. The van der Waals surface area contributed by atoms with Crippen molar-refractivity contribution < 1.29 is 18.3 Å². The Hall–Kier alpha value is -1.44. The highest BCUT2D eigenvalue weighted by molar-refractivity contribution is 7.90. The molecule has 25 heavy (non-hydrogen) atoms. The number of piperidine rings is 1. The molecule has 1 aromatic carbocycles. The molecule has 0 radical (unpaired) electrons. The van der Waals surface area contributed by atoms with E-state index in [1.165, 1.54) is 18.4 Å². The number of nitrogens with zero attached hydrogens (tertiary/aromatic N) is 2. The Balaban J connectivity index is 2.05. The van der Waals surface area contributed by atoms with Crippen LogP contribution in [0.15, 0.2) is 29.2 Å². The monoisotopic (exact) mass is 368 g/mol. The first kappa shape index (κ1) is 19.9. The van der Waals surface area contributed by atoms with E-state index in [0.29, 0.717) is 13.1 Å². The molecule has 0 aliphatic carbocycles. The predicted molar refractivity (Wildman–Crippen MR) is 97.1 cm³/mol. The van der Waals surface area contributed by atoms with E-state index in [1.807, 2.05) is 23.9 Å². The Morgan fingerprint density at radius 1 is 1.28 bits per heavy atom. The number of benzene rings is 1. The smallest absolute Gasteiger partial charge is 0.227 e. The van der Waals surface area contributed by atoms with Gasteiger partial charge in [-0.1, -0.05) is 12.1 Å². The zero-order valence-electron chi connectivity index (χ0n) is 15.2. The van der Waals surface area contributed by atoms with Crippen LogP contribution >= 0.6 is 0 Å². The summed E-state index contributed by atoms with van der Waals surface area (Å²) in [5.74, 6) is 0.0170. The minimum Gasteiger partial charge on any atom is -0.396 e. The van der Waals surface area contributed by atoms with Crippen molar-refractivity contribution in [3.8, 4) is 0 Å². The molecule has 1 heterocycles. The molecule has 1 saturated heterocycles. The summed E-state index contributed by atoms with van der Waals surface area (Å²) in [7, 11) is 0.721.